The van der Waals surface area contributed by atoms with Crippen LogP contribution in [0.5, 0.6) is 0 Å². The Kier molecular flexibility index (Phi) is 7.03. The van der Waals surface area contributed by atoms with Gasteiger partial charge in [-0.1, -0.05) is 146 Å². The summed E-state index contributed by atoms with van der Waals surface area (Å²) in [5.74, 6) is -1.54. The van der Waals surface area contributed by atoms with Gasteiger partial charge in [0, 0.05) is 5.56 Å². The predicted molar refractivity (Wildman–Crippen MR) is 162 cm³/mol. The Bertz CT molecular complexity index is 1640. The molecule has 5 aromatic rings. The maximum Gasteiger partial charge on any atom is 0.337 e. The number of benzene rings is 5. The first kappa shape index (κ1) is 26.9. The quantitative estimate of drug-likeness (QED) is 0.136. The molecule has 0 fully saturated rings. The van der Waals surface area contributed by atoms with Crippen molar-refractivity contribution < 1.29 is 19.4 Å². The molecule has 1 aliphatic heterocycles. The SMILES string of the molecule is C=C(C(=O)OCc1ccccc1)[C@@]1(O)C(=O)N(C(c2ccccc2)(c2ccccc2)c2ccccc2)c2ccccc21. The van der Waals surface area contributed by atoms with Gasteiger partial charge in [-0.05, 0) is 28.3 Å². The summed E-state index contributed by atoms with van der Waals surface area (Å²) in [6, 6.07) is 45.3. The molecule has 206 valence electrons. The lowest BCUT2D eigenvalue weighted by atomic mass is 9.75. The van der Waals surface area contributed by atoms with Crippen molar-refractivity contribution in [1.29, 1.82) is 0 Å². The third kappa shape index (κ3) is 4.23. The number of rotatable bonds is 8. The van der Waals surface area contributed by atoms with E-state index in [0.717, 1.165) is 22.3 Å². The lowest BCUT2D eigenvalue weighted by Gasteiger charge is -2.44. The van der Waals surface area contributed by atoms with Gasteiger partial charge >= 0.3 is 5.97 Å². The van der Waals surface area contributed by atoms with E-state index >= 15 is 0 Å². The number of hydrogen-bond donors (Lipinski definition) is 1. The van der Waals surface area contributed by atoms with Gasteiger partial charge in [0.05, 0.1) is 11.3 Å². The highest BCUT2D eigenvalue weighted by atomic mass is 16.5. The lowest BCUT2D eigenvalue weighted by molar-refractivity contribution is -0.147. The highest BCUT2D eigenvalue weighted by molar-refractivity contribution is 6.15. The number of fused-ring (bicyclic) bond motifs is 1. The van der Waals surface area contributed by atoms with Crippen LogP contribution in [-0.4, -0.2) is 17.0 Å². The Morgan fingerprint density at radius 2 is 1.12 bits per heavy atom. The monoisotopic (exact) mass is 551 g/mol. The van der Waals surface area contributed by atoms with Gasteiger partial charge in [-0.2, -0.15) is 0 Å². The molecule has 5 aromatic carbocycles. The Labute approximate surface area is 245 Å². The zero-order valence-electron chi connectivity index (χ0n) is 22.9. The van der Waals surface area contributed by atoms with Crippen molar-refractivity contribution in [3.63, 3.8) is 0 Å². The summed E-state index contributed by atoms with van der Waals surface area (Å²) >= 11 is 0. The molecule has 1 amide bonds. The van der Waals surface area contributed by atoms with Crippen molar-refractivity contribution in [3.05, 3.63) is 186 Å². The summed E-state index contributed by atoms with van der Waals surface area (Å²) in [7, 11) is 0. The second kappa shape index (κ2) is 11.0. The molecule has 0 bridgehead atoms. The van der Waals surface area contributed by atoms with Gasteiger partial charge in [0.2, 0.25) is 5.60 Å². The number of aliphatic hydroxyl groups is 1. The van der Waals surface area contributed by atoms with Gasteiger partial charge in [-0.3, -0.25) is 9.69 Å². The second-order valence-corrected chi connectivity index (χ2v) is 10.2. The van der Waals surface area contributed by atoms with Crippen molar-refractivity contribution in [2.24, 2.45) is 0 Å². The van der Waals surface area contributed by atoms with Gasteiger partial charge in [-0.15, -0.1) is 0 Å². The van der Waals surface area contributed by atoms with Crippen molar-refractivity contribution >= 4 is 17.6 Å². The van der Waals surface area contributed by atoms with Crippen molar-refractivity contribution in [2.45, 2.75) is 17.7 Å². The zero-order chi connectivity index (χ0) is 29.2. The molecule has 1 N–H and O–H groups in total. The number of hydrogen-bond acceptors (Lipinski definition) is 4. The third-order valence-electron chi connectivity index (χ3n) is 7.85. The molecule has 1 heterocycles. The largest absolute Gasteiger partial charge is 0.457 e. The van der Waals surface area contributed by atoms with E-state index in [0.29, 0.717) is 5.69 Å². The number of esters is 1. The fraction of sp³-hybridized carbons (Fsp3) is 0.0811. The molecule has 0 saturated carbocycles. The minimum Gasteiger partial charge on any atom is -0.457 e. The number of anilines is 1. The molecule has 0 aromatic heterocycles. The highest BCUT2D eigenvalue weighted by Crippen LogP contribution is 2.53. The van der Waals surface area contributed by atoms with E-state index in [4.69, 9.17) is 4.74 Å². The van der Waals surface area contributed by atoms with Crippen LogP contribution in [-0.2, 0) is 32.1 Å². The molecule has 0 saturated heterocycles. The van der Waals surface area contributed by atoms with Crippen LogP contribution in [0.15, 0.2) is 158 Å². The number of para-hydroxylation sites is 1. The smallest absolute Gasteiger partial charge is 0.337 e. The standard InChI is InChI=1S/C37H29NO4/c1-27(34(39)42-26-28-16-6-2-7-17-28)37(41)32-24-14-15-25-33(32)38(35(37)40)36(29-18-8-3-9-19-29,30-20-10-4-11-21-30)31-22-12-5-13-23-31/h2-25,41H,1,26H2/t37-/m0/s1. The minimum absolute atomic E-state index is 0.0176. The third-order valence-corrected chi connectivity index (χ3v) is 7.85. The molecular weight excluding hydrogens is 522 g/mol. The van der Waals surface area contributed by atoms with E-state index in [9.17, 15) is 14.7 Å². The highest BCUT2D eigenvalue weighted by Gasteiger charge is 2.60. The van der Waals surface area contributed by atoms with Gasteiger partial charge in [0.15, 0.2) is 0 Å². The minimum atomic E-state index is -2.35. The summed E-state index contributed by atoms with van der Waals surface area (Å²) in [6.45, 7) is 3.92. The molecule has 0 spiro atoms. The van der Waals surface area contributed by atoms with Crippen LogP contribution in [0.4, 0.5) is 5.69 Å². The maximum absolute atomic E-state index is 14.9. The van der Waals surface area contributed by atoms with E-state index in [1.807, 2.05) is 127 Å². The predicted octanol–water partition coefficient (Wildman–Crippen LogP) is 6.51. The summed E-state index contributed by atoms with van der Waals surface area (Å²) in [6.07, 6.45) is 0. The van der Waals surface area contributed by atoms with E-state index < -0.39 is 23.0 Å². The lowest BCUT2D eigenvalue weighted by Crippen LogP contribution is -2.54. The summed E-state index contributed by atoms with van der Waals surface area (Å²) in [5, 5.41) is 12.3. The molecule has 1 atom stereocenters. The first-order chi connectivity index (χ1) is 20.5. The van der Waals surface area contributed by atoms with Crippen LogP contribution in [0.2, 0.25) is 0 Å². The van der Waals surface area contributed by atoms with Gasteiger partial charge < -0.3 is 9.84 Å². The fourth-order valence-corrected chi connectivity index (χ4v) is 5.87. The molecular formula is C37H29NO4. The second-order valence-electron chi connectivity index (χ2n) is 10.2. The van der Waals surface area contributed by atoms with E-state index in [1.54, 1.807) is 23.1 Å². The van der Waals surface area contributed by atoms with E-state index in [2.05, 4.69) is 6.58 Å². The Balaban J connectivity index is 1.55. The Hall–Kier alpha value is -5.26. The molecule has 1 aliphatic rings. The molecule has 6 rings (SSSR count). The molecule has 5 nitrogen and oxygen atoms in total. The summed E-state index contributed by atoms with van der Waals surface area (Å²) in [4.78, 5) is 29.9. The maximum atomic E-state index is 14.9. The summed E-state index contributed by atoms with van der Waals surface area (Å²) in [5.41, 5.74) is 0.0561. The topological polar surface area (TPSA) is 66.8 Å². The first-order valence-electron chi connectivity index (χ1n) is 13.7. The number of amides is 1. The van der Waals surface area contributed by atoms with Gasteiger partial charge in [-0.25, -0.2) is 4.79 Å². The molecule has 0 radical (unpaired) electrons. The van der Waals surface area contributed by atoms with Crippen LogP contribution in [0, 0.1) is 0 Å². The summed E-state index contributed by atoms with van der Waals surface area (Å²) < 4.78 is 5.54. The van der Waals surface area contributed by atoms with Crippen LogP contribution in [0.25, 0.3) is 0 Å². The van der Waals surface area contributed by atoms with E-state index in [1.165, 1.54) is 0 Å². The average Bonchev–Trinajstić information content (AvgIpc) is 3.29. The number of nitrogens with zero attached hydrogens (tertiary/aromatic N) is 1. The molecule has 5 heteroatoms. The average molecular weight is 552 g/mol. The molecule has 0 aliphatic carbocycles. The van der Waals surface area contributed by atoms with E-state index in [-0.39, 0.29) is 17.7 Å². The normalized spacial score (nSPS) is 16.1. The van der Waals surface area contributed by atoms with Crippen LogP contribution < -0.4 is 4.90 Å². The number of carbonyl (C=O) groups excluding carboxylic acids is 2. The van der Waals surface area contributed by atoms with Crippen LogP contribution in [0.1, 0.15) is 27.8 Å². The fourth-order valence-electron chi connectivity index (χ4n) is 5.87. The van der Waals surface area contributed by atoms with Crippen LogP contribution in [0.3, 0.4) is 0 Å². The Morgan fingerprint density at radius 3 is 1.62 bits per heavy atom. The molecule has 42 heavy (non-hydrogen) atoms. The molecule has 0 unspecified atom stereocenters. The van der Waals surface area contributed by atoms with Crippen molar-refractivity contribution in [2.75, 3.05) is 4.90 Å². The van der Waals surface area contributed by atoms with Crippen molar-refractivity contribution in [3.8, 4) is 0 Å². The van der Waals surface area contributed by atoms with Gasteiger partial charge in [0.25, 0.3) is 5.91 Å². The number of ether oxygens (including phenoxy) is 1. The first-order valence-corrected chi connectivity index (χ1v) is 13.7. The zero-order valence-corrected chi connectivity index (χ0v) is 22.9. The van der Waals surface area contributed by atoms with Crippen molar-refractivity contribution in [1.82, 2.24) is 0 Å². The van der Waals surface area contributed by atoms with Crippen LogP contribution >= 0.6 is 0 Å². The van der Waals surface area contributed by atoms with Gasteiger partial charge in [0.1, 0.15) is 12.1 Å². The number of carbonyl (C=O) groups is 2. The Morgan fingerprint density at radius 1 is 0.690 bits per heavy atom.